The van der Waals surface area contributed by atoms with Gasteiger partial charge in [-0.05, 0) is 12.1 Å². The second-order valence-corrected chi connectivity index (χ2v) is 5.50. The summed E-state index contributed by atoms with van der Waals surface area (Å²) < 4.78 is 92.6. The molecule has 1 aliphatic heterocycles. The molecule has 0 amide bonds. The highest BCUT2D eigenvalue weighted by atomic mass is 35.5. The molecule has 0 aliphatic carbocycles. The number of rotatable bonds is 2. The second-order valence-electron chi connectivity index (χ2n) is 5.09. The fraction of sp³-hybridized carbons (Fsp3) is 0.538. The molecule has 1 aromatic carbocycles. The minimum absolute atomic E-state index is 0. The van der Waals surface area contributed by atoms with E-state index in [1.807, 2.05) is 0 Å². The van der Waals surface area contributed by atoms with Gasteiger partial charge in [0, 0.05) is 31.7 Å². The van der Waals surface area contributed by atoms with Crippen LogP contribution in [0.25, 0.3) is 0 Å². The van der Waals surface area contributed by atoms with Gasteiger partial charge in [0.15, 0.2) is 0 Å². The number of alkyl halides is 6. The summed E-state index contributed by atoms with van der Waals surface area (Å²) in [7, 11) is 0. The Balaban J connectivity index is 0.00000288. The van der Waals surface area contributed by atoms with Crippen LogP contribution in [0.2, 0.25) is 5.02 Å². The zero-order valence-electron chi connectivity index (χ0n) is 11.9. The van der Waals surface area contributed by atoms with E-state index in [9.17, 15) is 30.7 Å². The molecule has 1 heterocycles. The van der Waals surface area contributed by atoms with Crippen LogP contribution in [0.15, 0.2) is 12.1 Å². The van der Waals surface area contributed by atoms with E-state index in [0.717, 1.165) is 4.90 Å². The maximum absolute atomic E-state index is 14.1. The minimum atomic E-state index is -4.94. The fourth-order valence-electron chi connectivity index (χ4n) is 2.49. The average Bonchev–Trinajstić information content (AvgIpc) is 2.42. The van der Waals surface area contributed by atoms with Gasteiger partial charge in [-0.25, -0.2) is 4.39 Å². The van der Waals surface area contributed by atoms with Gasteiger partial charge >= 0.3 is 12.4 Å². The maximum atomic E-state index is 14.1. The number of nitrogens with one attached hydrogen (secondary N) is 1. The van der Waals surface area contributed by atoms with Gasteiger partial charge in [0.05, 0.1) is 10.6 Å². The van der Waals surface area contributed by atoms with Crippen molar-refractivity contribution in [3.8, 4) is 0 Å². The molecule has 0 radical (unpaired) electrons. The van der Waals surface area contributed by atoms with E-state index in [4.69, 9.17) is 11.6 Å². The van der Waals surface area contributed by atoms with Crippen molar-refractivity contribution in [2.24, 2.45) is 0 Å². The lowest BCUT2D eigenvalue weighted by molar-refractivity contribution is -0.188. The van der Waals surface area contributed by atoms with Crippen LogP contribution in [0.4, 0.5) is 30.7 Å². The summed E-state index contributed by atoms with van der Waals surface area (Å²) >= 11 is 5.38. The van der Waals surface area contributed by atoms with Crippen LogP contribution >= 0.6 is 24.0 Å². The number of halogens is 9. The van der Waals surface area contributed by atoms with Crippen LogP contribution in [-0.2, 0) is 6.18 Å². The molecule has 138 valence electrons. The van der Waals surface area contributed by atoms with E-state index in [-0.39, 0.29) is 50.7 Å². The predicted octanol–water partition coefficient (Wildman–Crippen LogP) is 4.43. The van der Waals surface area contributed by atoms with Crippen LogP contribution in [0.5, 0.6) is 0 Å². The molecule has 2 nitrogen and oxygen atoms in total. The normalized spacial score (nSPS) is 18.2. The first-order valence-electron chi connectivity index (χ1n) is 6.59. The van der Waals surface area contributed by atoms with Crippen molar-refractivity contribution in [1.29, 1.82) is 0 Å². The first-order valence-corrected chi connectivity index (χ1v) is 6.97. The van der Waals surface area contributed by atoms with Crippen LogP contribution in [0.3, 0.4) is 0 Å². The average molecular weight is 401 g/mol. The summed E-state index contributed by atoms with van der Waals surface area (Å²) in [6, 6.07) is -2.02. The van der Waals surface area contributed by atoms with Crippen molar-refractivity contribution in [1.82, 2.24) is 10.2 Å². The molecule has 0 unspecified atom stereocenters. The highest BCUT2D eigenvalue weighted by Gasteiger charge is 2.47. The van der Waals surface area contributed by atoms with E-state index in [0.29, 0.717) is 0 Å². The minimum Gasteiger partial charge on any atom is -0.314 e. The van der Waals surface area contributed by atoms with Crippen LogP contribution in [0.1, 0.15) is 17.2 Å². The quantitative estimate of drug-likeness (QED) is 0.738. The van der Waals surface area contributed by atoms with Crippen LogP contribution in [0, 0.1) is 5.82 Å². The van der Waals surface area contributed by atoms with Gasteiger partial charge in [-0.3, -0.25) is 4.90 Å². The molecule has 1 atom stereocenters. The van der Waals surface area contributed by atoms with E-state index in [1.54, 1.807) is 0 Å². The van der Waals surface area contributed by atoms with Crippen molar-refractivity contribution < 1.29 is 30.7 Å². The highest BCUT2D eigenvalue weighted by molar-refractivity contribution is 6.30. The molecule has 1 saturated heterocycles. The summed E-state index contributed by atoms with van der Waals surface area (Å²) in [5.41, 5.74) is -2.53. The summed E-state index contributed by atoms with van der Waals surface area (Å²) in [4.78, 5) is 0.894. The smallest absolute Gasteiger partial charge is 0.314 e. The van der Waals surface area contributed by atoms with Crippen LogP contribution < -0.4 is 5.32 Å². The summed E-state index contributed by atoms with van der Waals surface area (Å²) in [5, 5.41) is 1.84. The first-order chi connectivity index (χ1) is 10.5. The Morgan fingerprint density at radius 2 is 1.58 bits per heavy atom. The third kappa shape index (κ3) is 4.65. The van der Waals surface area contributed by atoms with Gasteiger partial charge in [0.2, 0.25) is 0 Å². The van der Waals surface area contributed by atoms with Gasteiger partial charge < -0.3 is 5.32 Å². The fourth-order valence-corrected chi connectivity index (χ4v) is 2.72. The van der Waals surface area contributed by atoms with Gasteiger partial charge in [-0.1, -0.05) is 11.6 Å². The molecular formula is C13H13Cl2F7N2. The Bertz CT molecular complexity index is 569. The Kier molecular flexibility index (Phi) is 6.77. The zero-order valence-corrected chi connectivity index (χ0v) is 13.5. The van der Waals surface area contributed by atoms with Crippen molar-refractivity contribution in [2.45, 2.75) is 18.4 Å². The standard InChI is InChI=1S/C13H12ClF7N2.ClH/c14-9-6-7(12(16,17)18)5-8(10(9)15)11(13(19,20)21)23-3-1-22-2-4-23;/h5-6,11,22H,1-4H2;1H/t11-;/m0./s1. The second kappa shape index (κ2) is 7.63. The van der Waals surface area contributed by atoms with Crippen molar-refractivity contribution in [2.75, 3.05) is 26.2 Å². The van der Waals surface area contributed by atoms with E-state index in [1.165, 1.54) is 0 Å². The molecule has 1 fully saturated rings. The lowest BCUT2D eigenvalue weighted by Gasteiger charge is -2.36. The summed E-state index contributed by atoms with van der Waals surface area (Å²) in [6.45, 7) is 0.302. The highest BCUT2D eigenvalue weighted by Crippen LogP contribution is 2.42. The number of piperazine rings is 1. The van der Waals surface area contributed by atoms with E-state index >= 15 is 0 Å². The van der Waals surface area contributed by atoms with Crippen LogP contribution in [-0.4, -0.2) is 37.3 Å². The third-order valence-corrected chi connectivity index (χ3v) is 3.78. The molecule has 24 heavy (non-hydrogen) atoms. The molecule has 1 N–H and O–H groups in total. The molecule has 1 aliphatic rings. The van der Waals surface area contributed by atoms with E-state index < -0.39 is 40.4 Å². The SMILES string of the molecule is Cl.Fc1c(Cl)cc(C(F)(F)F)cc1[C@H](N1CCNCC1)C(F)(F)F. The molecule has 2 rings (SSSR count). The maximum Gasteiger partial charge on any atom is 0.416 e. The predicted molar refractivity (Wildman–Crippen MR) is 76.9 cm³/mol. The topological polar surface area (TPSA) is 15.3 Å². The van der Waals surface area contributed by atoms with Gasteiger partial charge in [0.1, 0.15) is 11.9 Å². The number of hydrogen-bond acceptors (Lipinski definition) is 2. The lowest BCUT2D eigenvalue weighted by atomic mass is 10.00. The third-order valence-electron chi connectivity index (χ3n) is 3.51. The molecule has 0 bridgehead atoms. The Morgan fingerprint density at radius 1 is 1.04 bits per heavy atom. The number of hydrogen-bond donors (Lipinski definition) is 1. The van der Waals surface area contributed by atoms with Gasteiger partial charge in [0.25, 0.3) is 0 Å². The van der Waals surface area contributed by atoms with Gasteiger partial charge in [-0.15, -0.1) is 12.4 Å². The Morgan fingerprint density at radius 3 is 2.04 bits per heavy atom. The summed E-state index contributed by atoms with van der Waals surface area (Å²) in [6.07, 6.45) is -9.86. The largest absolute Gasteiger partial charge is 0.416 e. The molecule has 0 spiro atoms. The van der Waals surface area contributed by atoms with E-state index in [2.05, 4.69) is 5.32 Å². The summed E-state index contributed by atoms with van der Waals surface area (Å²) in [5.74, 6) is -1.49. The molecular weight excluding hydrogens is 388 g/mol. The number of nitrogens with zero attached hydrogens (tertiary/aromatic N) is 1. The van der Waals surface area contributed by atoms with Crippen molar-refractivity contribution >= 4 is 24.0 Å². The lowest BCUT2D eigenvalue weighted by Crippen LogP contribution is -2.49. The van der Waals surface area contributed by atoms with Crippen molar-refractivity contribution in [3.63, 3.8) is 0 Å². The zero-order chi connectivity index (χ0) is 17.4. The molecule has 1 aromatic rings. The molecule has 11 heteroatoms. The van der Waals surface area contributed by atoms with Gasteiger partial charge in [-0.2, -0.15) is 26.3 Å². The number of benzene rings is 1. The molecule has 0 aromatic heterocycles. The Hall–Kier alpha value is -0.770. The monoisotopic (exact) mass is 400 g/mol. The first kappa shape index (κ1) is 21.3. The Labute approximate surface area is 144 Å². The molecule has 0 saturated carbocycles. The van der Waals surface area contributed by atoms with Crippen molar-refractivity contribution in [3.05, 3.63) is 34.1 Å².